The summed E-state index contributed by atoms with van der Waals surface area (Å²) in [6.45, 7) is 1.05. The summed E-state index contributed by atoms with van der Waals surface area (Å²) in [5.41, 5.74) is 2.17. The molecule has 0 aliphatic rings. The molecule has 0 unspecified atom stereocenters. The average molecular weight is 272 g/mol. The molecule has 1 aromatic heterocycles. The van der Waals surface area contributed by atoms with Gasteiger partial charge in [0, 0.05) is 18.3 Å². The van der Waals surface area contributed by atoms with Crippen LogP contribution in [0.5, 0.6) is 5.75 Å². The molecule has 104 valence electrons. The number of para-hydroxylation sites is 1. The van der Waals surface area contributed by atoms with Gasteiger partial charge in [-0.05, 0) is 12.1 Å². The maximum Gasteiger partial charge on any atom is 0.143 e. The predicted octanol–water partition coefficient (Wildman–Crippen LogP) is 1.37. The second-order valence-electron chi connectivity index (χ2n) is 4.18. The second kappa shape index (κ2) is 6.59. The van der Waals surface area contributed by atoms with Crippen LogP contribution in [0.15, 0.2) is 30.6 Å². The molecule has 0 amide bonds. The molecule has 0 radical (unpaired) electrons. The van der Waals surface area contributed by atoms with Crippen LogP contribution in [0.25, 0.3) is 0 Å². The Hall–Kier alpha value is -2.52. The third kappa shape index (κ3) is 3.08. The SMILES string of the molecule is COc1cccc(C#N)c1NCc1cnn(CCO)c1. The van der Waals surface area contributed by atoms with Crippen molar-refractivity contribution in [3.8, 4) is 11.8 Å². The van der Waals surface area contributed by atoms with Crippen LogP contribution in [-0.2, 0) is 13.1 Å². The van der Waals surface area contributed by atoms with E-state index in [1.165, 1.54) is 0 Å². The standard InChI is InChI=1S/C14H16N4O2/c1-20-13-4-2-3-12(7-15)14(13)16-8-11-9-17-18(10-11)5-6-19/h2-4,9-10,16,19H,5-6,8H2,1H3. The molecule has 0 saturated carbocycles. The van der Waals surface area contributed by atoms with Gasteiger partial charge in [-0.2, -0.15) is 10.4 Å². The summed E-state index contributed by atoms with van der Waals surface area (Å²) in [6.07, 6.45) is 3.58. The summed E-state index contributed by atoms with van der Waals surface area (Å²) >= 11 is 0. The van der Waals surface area contributed by atoms with Gasteiger partial charge in [-0.25, -0.2) is 0 Å². The van der Waals surface area contributed by atoms with E-state index in [0.717, 1.165) is 5.56 Å². The van der Waals surface area contributed by atoms with Crippen LogP contribution in [0.3, 0.4) is 0 Å². The highest BCUT2D eigenvalue weighted by molar-refractivity contribution is 5.66. The summed E-state index contributed by atoms with van der Waals surface area (Å²) in [5.74, 6) is 0.631. The molecule has 0 atom stereocenters. The quantitative estimate of drug-likeness (QED) is 0.829. The van der Waals surface area contributed by atoms with E-state index in [0.29, 0.717) is 30.1 Å². The summed E-state index contributed by atoms with van der Waals surface area (Å²) in [6, 6.07) is 7.46. The second-order valence-corrected chi connectivity index (χ2v) is 4.18. The Balaban J connectivity index is 2.12. The van der Waals surface area contributed by atoms with Crippen molar-refractivity contribution in [3.05, 3.63) is 41.7 Å². The van der Waals surface area contributed by atoms with Crippen molar-refractivity contribution in [3.63, 3.8) is 0 Å². The van der Waals surface area contributed by atoms with Gasteiger partial charge >= 0.3 is 0 Å². The fourth-order valence-corrected chi connectivity index (χ4v) is 1.89. The van der Waals surface area contributed by atoms with E-state index in [-0.39, 0.29) is 6.61 Å². The van der Waals surface area contributed by atoms with Crippen molar-refractivity contribution in [1.82, 2.24) is 9.78 Å². The number of ether oxygens (including phenoxy) is 1. The van der Waals surface area contributed by atoms with Crippen LogP contribution >= 0.6 is 0 Å². The van der Waals surface area contributed by atoms with E-state index in [1.54, 1.807) is 36.2 Å². The largest absolute Gasteiger partial charge is 0.495 e. The lowest BCUT2D eigenvalue weighted by Crippen LogP contribution is -2.04. The number of anilines is 1. The van der Waals surface area contributed by atoms with Gasteiger partial charge in [0.25, 0.3) is 0 Å². The normalized spacial score (nSPS) is 10.1. The zero-order valence-electron chi connectivity index (χ0n) is 11.2. The van der Waals surface area contributed by atoms with Gasteiger partial charge in [-0.3, -0.25) is 4.68 Å². The van der Waals surface area contributed by atoms with Crippen LogP contribution < -0.4 is 10.1 Å². The lowest BCUT2D eigenvalue weighted by atomic mass is 10.1. The maximum absolute atomic E-state index is 9.12. The number of nitriles is 1. The molecule has 1 heterocycles. The Morgan fingerprint density at radius 3 is 3.05 bits per heavy atom. The molecule has 2 rings (SSSR count). The molecule has 20 heavy (non-hydrogen) atoms. The Labute approximate surface area is 117 Å². The summed E-state index contributed by atoms with van der Waals surface area (Å²) < 4.78 is 6.92. The molecule has 0 saturated heterocycles. The average Bonchev–Trinajstić information content (AvgIpc) is 2.92. The number of nitrogens with zero attached hydrogens (tertiary/aromatic N) is 3. The van der Waals surface area contributed by atoms with Crippen molar-refractivity contribution in [1.29, 1.82) is 5.26 Å². The first kappa shape index (κ1) is 13.9. The number of aliphatic hydroxyl groups is 1. The molecular weight excluding hydrogens is 256 g/mol. The first-order chi connectivity index (χ1) is 9.78. The smallest absolute Gasteiger partial charge is 0.143 e. The van der Waals surface area contributed by atoms with E-state index >= 15 is 0 Å². The van der Waals surface area contributed by atoms with E-state index in [2.05, 4.69) is 16.5 Å². The van der Waals surface area contributed by atoms with Gasteiger partial charge in [0.1, 0.15) is 11.8 Å². The van der Waals surface area contributed by atoms with Crippen molar-refractivity contribution >= 4 is 5.69 Å². The highest BCUT2D eigenvalue weighted by atomic mass is 16.5. The van der Waals surface area contributed by atoms with E-state index in [9.17, 15) is 0 Å². The molecule has 2 N–H and O–H groups in total. The highest BCUT2D eigenvalue weighted by Crippen LogP contribution is 2.28. The number of hydrogen-bond acceptors (Lipinski definition) is 5. The van der Waals surface area contributed by atoms with Crippen molar-refractivity contribution in [2.45, 2.75) is 13.1 Å². The number of rotatable bonds is 6. The number of aromatic nitrogens is 2. The fraction of sp³-hybridized carbons (Fsp3) is 0.286. The molecule has 6 heteroatoms. The zero-order valence-corrected chi connectivity index (χ0v) is 11.2. The Bertz CT molecular complexity index is 616. The molecule has 0 spiro atoms. The molecule has 1 aromatic carbocycles. The van der Waals surface area contributed by atoms with E-state index in [4.69, 9.17) is 15.1 Å². The molecule has 0 bridgehead atoms. The Kier molecular flexibility index (Phi) is 4.58. The van der Waals surface area contributed by atoms with Gasteiger partial charge in [0.15, 0.2) is 0 Å². The van der Waals surface area contributed by atoms with Crippen molar-refractivity contribution in [2.75, 3.05) is 19.0 Å². The third-order valence-electron chi connectivity index (χ3n) is 2.85. The zero-order chi connectivity index (χ0) is 14.4. The molecule has 0 aliphatic carbocycles. The summed E-state index contributed by atoms with van der Waals surface area (Å²) in [7, 11) is 1.57. The van der Waals surface area contributed by atoms with Gasteiger partial charge < -0.3 is 15.2 Å². The van der Waals surface area contributed by atoms with Crippen LogP contribution in [-0.4, -0.2) is 28.6 Å². The predicted molar refractivity (Wildman–Crippen MR) is 74.3 cm³/mol. The number of hydrogen-bond donors (Lipinski definition) is 2. The number of nitrogens with one attached hydrogen (secondary N) is 1. The lowest BCUT2D eigenvalue weighted by molar-refractivity contribution is 0.269. The monoisotopic (exact) mass is 272 g/mol. The van der Waals surface area contributed by atoms with Crippen LogP contribution in [0.2, 0.25) is 0 Å². The van der Waals surface area contributed by atoms with Crippen LogP contribution in [0.4, 0.5) is 5.69 Å². The summed E-state index contributed by atoms with van der Waals surface area (Å²) in [4.78, 5) is 0. The number of methoxy groups -OCH3 is 1. The van der Waals surface area contributed by atoms with Gasteiger partial charge in [0.2, 0.25) is 0 Å². The first-order valence-corrected chi connectivity index (χ1v) is 6.21. The molecule has 6 nitrogen and oxygen atoms in total. The minimum absolute atomic E-state index is 0.0552. The van der Waals surface area contributed by atoms with Gasteiger partial charge in [-0.15, -0.1) is 0 Å². The van der Waals surface area contributed by atoms with Crippen LogP contribution in [0, 0.1) is 11.3 Å². The lowest BCUT2D eigenvalue weighted by Gasteiger charge is -2.11. The minimum Gasteiger partial charge on any atom is -0.495 e. The van der Waals surface area contributed by atoms with E-state index in [1.807, 2.05) is 6.20 Å². The van der Waals surface area contributed by atoms with Crippen LogP contribution in [0.1, 0.15) is 11.1 Å². The first-order valence-electron chi connectivity index (χ1n) is 6.21. The Morgan fingerprint density at radius 1 is 1.50 bits per heavy atom. The van der Waals surface area contributed by atoms with E-state index < -0.39 is 0 Å². The fourth-order valence-electron chi connectivity index (χ4n) is 1.89. The van der Waals surface area contributed by atoms with Crippen molar-refractivity contribution in [2.24, 2.45) is 0 Å². The summed E-state index contributed by atoms with van der Waals surface area (Å²) in [5, 5.41) is 25.3. The van der Waals surface area contributed by atoms with Gasteiger partial charge in [-0.1, -0.05) is 6.07 Å². The third-order valence-corrected chi connectivity index (χ3v) is 2.85. The topological polar surface area (TPSA) is 83.1 Å². The van der Waals surface area contributed by atoms with Gasteiger partial charge in [0.05, 0.1) is 37.7 Å². The minimum atomic E-state index is 0.0552. The molecule has 0 aliphatic heterocycles. The number of aliphatic hydroxyl groups excluding tert-OH is 1. The molecule has 0 fully saturated rings. The molecule has 2 aromatic rings. The number of benzene rings is 1. The highest BCUT2D eigenvalue weighted by Gasteiger charge is 2.08. The van der Waals surface area contributed by atoms with Crippen molar-refractivity contribution < 1.29 is 9.84 Å². The molecular formula is C14H16N4O2. The Morgan fingerprint density at radius 2 is 2.35 bits per heavy atom. The maximum atomic E-state index is 9.12.